The van der Waals surface area contributed by atoms with Gasteiger partial charge in [-0.3, -0.25) is 0 Å². The lowest BCUT2D eigenvalue weighted by molar-refractivity contribution is 0.0925. The summed E-state index contributed by atoms with van der Waals surface area (Å²) >= 11 is 17.9. The van der Waals surface area contributed by atoms with Crippen molar-refractivity contribution in [3.05, 3.63) is 65.2 Å². The molecular weight excluding hydrogens is 515 g/mol. The van der Waals surface area contributed by atoms with Crippen molar-refractivity contribution in [3.63, 3.8) is 0 Å². The minimum Gasteiger partial charge on any atom is -0.489 e. The van der Waals surface area contributed by atoms with Crippen LogP contribution >= 0.6 is 34.8 Å². The molecule has 0 saturated heterocycles. The van der Waals surface area contributed by atoms with Gasteiger partial charge in [-0.1, -0.05) is 23.2 Å². The number of aromatic nitrogens is 2. The van der Waals surface area contributed by atoms with E-state index in [0.29, 0.717) is 0 Å². The van der Waals surface area contributed by atoms with E-state index in [1.807, 2.05) is 0 Å². The third-order valence-corrected chi connectivity index (χ3v) is 7.14. The number of sulfone groups is 1. The Labute approximate surface area is 206 Å². The SMILES string of the molecule is O=S(=O)(c1ccc(OCC(O)CCl)c(Cl)c1)c1ccc(OCC(O)Cn2ccnc2)c(Cl)c1. The summed E-state index contributed by atoms with van der Waals surface area (Å²) in [6.07, 6.45) is 3.20. The van der Waals surface area contributed by atoms with Crippen molar-refractivity contribution < 1.29 is 28.1 Å². The van der Waals surface area contributed by atoms with Gasteiger partial charge in [0.05, 0.1) is 38.6 Å². The molecule has 0 radical (unpaired) electrons. The minimum absolute atomic E-state index is 0.00583. The average molecular weight is 536 g/mol. The molecule has 2 unspecified atom stereocenters. The van der Waals surface area contributed by atoms with E-state index in [0.717, 1.165) is 0 Å². The fourth-order valence-electron chi connectivity index (χ4n) is 2.77. The number of benzene rings is 2. The van der Waals surface area contributed by atoms with E-state index in [1.165, 1.54) is 36.4 Å². The highest BCUT2D eigenvalue weighted by Crippen LogP contribution is 2.33. The molecule has 0 amide bonds. The van der Waals surface area contributed by atoms with Crippen LogP contribution in [0, 0.1) is 0 Å². The molecule has 1 heterocycles. The first-order valence-electron chi connectivity index (χ1n) is 9.68. The molecule has 33 heavy (non-hydrogen) atoms. The Morgan fingerprint density at radius 3 is 1.94 bits per heavy atom. The van der Waals surface area contributed by atoms with E-state index >= 15 is 0 Å². The molecule has 8 nitrogen and oxygen atoms in total. The first kappa shape index (κ1) is 25.6. The van der Waals surface area contributed by atoms with Gasteiger partial charge in [-0.2, -0.15) is 0 Å². The molecule has 3 rings (SSSR count). The maximum Gasteiger partial charge on any atom is 0.206 e. The van der Waals surface area contributed by atoms with Crippen LogP contribution in [0.5, 0.6) is 11.5 Å². The van der Waals surface area contributed by atoms with E-state index in [-0.39, 0.29) is 57.0 Å². The molecule has 0 aliphatic heterocycles. The smallest absolute Gasteiger partial charge is 0.206 e. The van der Waals surface area contributed by atoms with Crippen molar-refractivity contribution in [2.75, 3.05) is 19.1 Å². The Balaban J connectivity index is 1.69. The molecule has 178 valence electrons. The topological polar surface area (TPSA) is 111 Å². The lowest BCUT2D eigenvalue weighted by Gasteiger charge is -2.15. The quantitative estimate of drug-likeness (QED) is 0.362. The van der Waals surface area contributed by atoms with Gasteiger partial charge >= 0.3 is 0 Å². The lowest BCUT2D eigenvalue weighted by atomic mass is 10.3. The predicted molar refractivity (Wildman–Crippen MR) is 124 cm³/mol. The summed E-state index contributed by atoms with van der Waals surface area (Å²) in [4.78, 5) is 3.79. The maximum atomic E-state index is 13.0. The highest BCUT2D eigenvalue weighted by molar-refractivity contribution is 7.91. The van der Waals surface area contributed by atoms with E-state index in [2.05, 4.69) is 4.98 Å². The molecule has 0 spiro atoms. The molecule has 0 bridgehead atoms. The van der Waals surface area contributed by atoms with Crippen molar-refractivity contribution in [2.24, 2.45) is 0 Å². The summed E-state index contributed by atoms with van der Waals surface area (Å²) in [6, 6.07) is 8.04. The first-order chi connectivity index (χ1) is 15.7. The monoisotopic (exact) mass is 534 g/mol. The number of hydrogen-bond donors (Lipinski definition) is 2. The Bertz CT molecular complexity index is 1170. The van der Waals surface area contributed by atoms with Gasteiger partial charge in [0.15, 0.2) is 0 Å². The first-order valence-corrected chi connectivity index (χ1v) is 12.5. The van der Waals surface area contributed by atoms with Crippen LogP contribution in [-0.4, -0.2) is 59.5 Å². The number of hydrogen-bond acceptors (Lipinski definition) is 7. The highest BCUT2D eigenvalue weighted by atomic mass is 35.5. The number of aliphatic hydroxyl groups excluding tert-OH is 2. The van der Waals surface area contributed by atoms with Crippen LogP contribution < -0.4 is 9.47 Å². The Morgan fingerprint density at radius 1 is 0.939 bits per heavy atom. The number of aliphatic hydroxyl groups is 2. The summed E-state index contributed by atoms with van der Waals surface area (Å²) in [5.74, 6) is 0.449. The highest BCUT2D eigenvalue weighted by Gasteiger charge is 2.21. The number of nitrogens with zero attached hydrogens (tertiary/aromatic N) is 2. The fourth-order valence-corrected chi connectivity index (χ4v) is 4.78. The zero-order chi connectivity index (χ0) is 24.0. The van der Waals surface area contributed by atoms with Gasteiger partial charge < -0.3 is 24.3 Å². The van der Waals surface area contributed by atoms with Gasteiger partial charge in [0.2, 0.25) is 9.84 Å². The Hall–Kier alpha value is -2.01. The third-order valence-electron chi connectivity index (χ3n) is 4.45. The predicted octanol–water partition coefficient (Wildman–Crippen LogP) is 3.44. The third kappa shape index (κ3) is 6.75. The summed E-state index contributed by atoms with van der Waals surface area (Å²) in [5, 5.41) is 19.7. The lowest BCUT2D eigenvalue weighted by Crippen LogP contribution is -2.23. The van der Waals surface area contributed by atoms with Crippen molar-refractivity contribution in [2.45, 2.75) is 28.5 Å². The van der Waals surface area contributed by atoms with E-state index in [1.54, 1.807) is 23.3 Å². The standard InChI is InChI=1S/C21H21Cl3N2O6S/c22-9-14(27)11-31-20-3-1-16(7-18(20)23)33(29,30)17-2-4-21(19(24)8-17)32-12-15(28)10-26-6-5-25-13-26/h1-8,13-15,27-28H,9-12H2. The largest absolute Gasteiger partial charge is 0.489 e. The van der Waals surface area contributed by atoms with Gasteiger partial charge in [-0.05, 0) is 36.4 Å². The van der Waals surface area contributed by atoms with Crippen molar-refractivity contribution in [1.29, 1.82) is 0 Å². The summed E-state index contributed by atoms with van der Waals surface area (Å²) < 4.78 is 38.6. The maximum absolute atomic E-state index is 13.0. The van der Waals surface area contributed by atoms with Crippen molar-refractivity contribution >= 4 is 44.6 Å². The molecule has 2 aromatic carbocycles. The zero-order valence-electron chi connectivity index (χ0n) is 17.1. The molecular formula is C21H21Cl3N2O6S. The Kier molecular flexibility index (Phi) is 8.86. The number of halogens is 3. The normalized spacial score (nSPS) is 13.5. The van der Waals surface area contributed by atoms with Crippen LogP contribution in [0.15, 0.2) is 64.9 Å². The second-order valence-electron chi connectivity index (χ2n) is 7.03. The number of ether oxygens (including phenoxy) is 2. The van der Waals surface area contributed by atoms with Crippen LogP contribution in [0.3, 0.4) is 0 Å². The van der Waals surface area contributed by atoms with Crippen LogP contribution in [-0.2, 0) is 16.4 Å². The molecule has 2 atom stereocenters. The van der Waals surface area contributed by atoms with Crippen LogP contribution in [0.2, 0.25) is 10.0 Å². The second-order valence-corrected chi connectivity index (χ2v) is 10.1. The van der Waals surface area contributed by atoms with Crippen LogP contribution in [0.25, 0.3) is 0 Å². The van der Waals surface area contributed by atoms with Crippen LogP contribution in [0.1, 0.15) is 0 Å². The number of alkyl halides is 1. The summed E-state index contributed by atoms with van der Waals surface area (Å²) in [5.41, 5.74) is 0. The fraction of sp³-hybridized carbons (Fsp3) is 0.286. The van der Waals surface area contributed by atoms with Gasteiger partial charge in [-0.15, -0.1) is 11.6 Å². The molecule has 0 fully saturated rings. The van der Waals surface area contributed by atoms with Gasteiger partial charge in [0.1, 0.15) is 36.9 Å². The average Bonchev–Trinajstić information content (AvgIpc) is 3.30. The van der Waals surface area contributed by atoms with E-state index in [4.69, 9.17) is 44.3 Å². The van der Waals surface area contributed by atoms with Crippen molar-refractivity contribution in [1.82, 2.24) is 9.55 Å². The molecule has 12 heteroatoms. The zero-order valence-corrected chi connectivity index (χ0v) is 20.2. The minimum atomic E-state index is -3.93. The number of imidazole rings is 1. The summed E-state index contributed by atoms with van der Waals surface area (Å²) in [7, 11) is -3.93. The number of rotatable bonds is 11. The van der Waals surface area contributed by atoms with E-state index in [9.17, 15) is 18.6 Å². The molecule has 0 saturated carbocycles. The van der Waals surface area contributed by atoms with Gasteiger partial charge in [0, 0.05) is 12.4 Å². The van der Waals surface area contributed by atoms with Gasteiger partial charge in [0.25, 0.3) is 0 Å². The molecule has 0 aliphatic rings. The molecule has 0 aliphatic carbocycles. The molecule has 1 aromatic heterocycles. The van der Waals surface area contributed by atoms with E-state index < -0.39 is 22.0 Å². The van der Waals surface area contributed by atoms with Crippen molar-refractivity contribution in [3.8, 4) is 11.5 Å². The van der Waals surface area contributed by atoms with Crippen LogP contribution in [0.4, 0.5) is 0 Å². The van der Waals surface area contributed by atoms with Gasteiger partial charge in [-0.25, -0.2) is 13.4 Å². The molecule has 3 aromatic rings. The molecule has 2 N–H and O–H groups in total. The Morgan fingerprint density at radius 2 is 1.48 bits per heavy atom. The summed E-state index contributed by atoms with van der Waals surface area (Å²) in [6.45, 7) is 0.165. The second kappa shape index (κ2) is 11.4.